The molecule has 0 heterocycles. The monoisotopic (exact) mass is 378 g/mol. The Bertz CT molecular complexity index is 489. The zero-order chi connectivity index (χ0) is 20.3. The summed E-state index contributed by atoms with van der Waals surface area (Å²) in [4.78, 5) is 45.1. The highest BCUT2D eigenvalue weighted by Crippen LogP contribution is 2.19. The standard InChI is InChI=1S/C16H26O10/c1-9(17)23-7-13(21-5)15(22-6)16(26-12(4)20)14(25-11(3)19)8-24-10(2)18/h13-16H,7-8H2,1-6H3/t13-,14+,15+,16-/m0/s1. The third-order valence-corrected chi connectivity index (χ3v) is 3.15. The number of methoxy groups -OCH3 is 2. The summed E-state index contributed by atoms with van der Waals surface area (Å²) in [6.07, 6.45) is -4.16. The van der Waals surface area contributed by atoms with Crippen LogP contribution in [0.1, 0.15) is 27.7 Å². The molecule has 0 radical (unpaired) electrons. The van der Waals surface area contributed by atoms with Crippen molar-refractivity contribution in [2.24, 2.45) is 0 Å². The molecule has 0 bridgehead atoms. The Hall–Kier alpha value is -2.20. The van der Waals surface area contributed by atoms with E-state index in [0.717, 1.165) is 13.8 Å². The lowest BCUT2D eigenvalue weighted by atomic mass is 10.0. The normalized spacial score (nSPS) is 15.2. The van der Waals surface area contributed by atoms with E-state index in [2.05, 4.69) is 0 Å². The maximum absolute atomic E-state index is 11.5. The van der Waals surface area contributed by atoms with Crippen molar-refractivity contribution in [1.29, 1.82) is 0 Å². The first kappa shape index (κ1) is 23.8. The highest BCUT2D eigenvalue weighted by atomic mass is 16.6. The molecule has 10 nitrogen and oxygen atoms in total. The summed E-state index contributed by atoms with van der Waals surface area (Å²) in [5, 5.41) is 0. The van der Waals surface area contributed by atoms with Gasteiger partial charge in [-0.15, -0.1) is 0 Å². The largest absolute Gasteiger partial charge is 0.463 e. The first-order valence-corrected chi connectivity index (χ1v) is 7.79. The second-order valence-electron chi connectivity index (χ2n) is 5.30. The molecule has 0 amide bonds. The van der Waals surface area contributed by atoms with E-state index in [4.69, 9.17) is 28.4 Å². The molecule has 0 aliphatic carbocycles. The molecule has 0 aliphatic heterocycles. The van der Waals surface area contributed by atoms with E-state index in [9.17, 15) is 19.2 Å². The van der Waals surface area contributed by atoms with E-state index < -0.39 is 48.3 Å². The number of carbonyl (C=O) groups excluding carboxylic acids is 4. The van der Waals surface area contributed by atoms with Gasteiger partial charge in [0.15, 0.2) is 12.2 Å². The molecule has 0 aromatic heterocycles. The maximum atomic E-state index is 11.5. The molecule has 0 aromatic rings. The van der Waals surface area contributed by atoms with E-state index >= 15 is 0 Å². The van der Waals surface area contributed by atoms with Crippen LogP contribution in [-0.2, 0) is 47.6 Å². The minimum absolute atomic E-state index is 0.192. The van der Waals surface area contributed by atoms with Gasteiger partial charge in [0.25, 0.3) is 0 Å². The van der Waals surface area contributed by atoms with Crippen LogP contribution >= 0.6 is 0 Å². The van der Waals surface area contributed by atoms with Gasteiger partial charge in [0.05, 0.1) is 0 Å². The minimum Gasteiger partial charge on any atom is -0.463 e. The molecule has 0 fully saturated rings. The van der Waals surface area contributed by atoms with E-state index in [1.807, 2.05) is 0 Å². The molecule has 4 atom stereocenters. The number of ether oxygens (including phenoxy) is 6. The van der Waals surface area contributed by atoms with Crippen LogP contribution in [0.25, 0.3) is 0 Å². The van der Waals surface area contributed by atoms with Crippen molar-refractivity contribution in [1.82, 2.24) is 0 Å². The van der Waals surface area contributed by atoms with Crippen LogP contribution in [0.5, 0.6) is 0 Å². The summed E-state index contributed by atoms with van der Waals surface area (Å²) in [7, 11) is 2.66. The van der Waals surface area contributed by atoms with E-state index in [0.29, 0.717) is 0 Å². The minimum atomic E-state index is -1.18. The fourth-order valence-electron chi connectivity index (χ4n) is 2.15. The molecule has 10 heteroatoms. The van der Waals surface area contributed by atoms with E-state index in [1.165, 1.54) is 28.1 Å². The summed E-state index contributed by atoms with van der Waals surface area (Å²) >= 11 is 0. The van der Waals surface area contributed by atoms with Crippen molar-refractivity contribution < 1.29 is 47.6 Å². The zero-order valence-electron chi connectivity index (χ0n) is 15.8. The molecule has 0 unspecified atom stereocenters. The Morgan fingerprint density at radius 1 is 0.615 bits per heavy atom. The SMILES string of the molecule is CO[C@@H]([C@@H](OC(C)=O)[C@@H](COC(C)=O)OC(C)=O)[C@H](COC(C)=O)OC. The predicted octanol–water partition coefficient (Wildman–Crippen LogP) is 0.00600. The highest BCUT2D eigenvalue weighted by molar-refractivity contribution is 5.68. The third kappa shape index (κ3) is 9.33. The topological polar surface area (TPSA) is 124 Å². The van der Waals surface area contributed by atoms with Gasteiger partial charge in [-0.25, -0.2) is 0 Å². The second-order valence-corrected chi connectivity index (χ2v) is 5.30. The molecule has 0 N–H and O–H groups in total. The van der Waals surface area contributed by atoms with Gasteiger partial charge in [-0.2, -0.15) is 0 Å². The molecule has 150 valence electrons. The molecule has 0 rings (SSSR count). The number of hydrogen-bond acceptors (Lipinski definition) is 10. The molecule has 0 aromatic carbocycles. The Labute approximate surface area is 152 Å². The molecule has 0 aliphatic rings. The quantitative estimate of drug-likeness (QED) is 0.358. The van der Waals surface area contributed by atoms with E-state index in [1.54, 1.807) is 0 Å². The smallest absolute Gasteiger partial charge is 0.303 e. The third-order valence-electron chi connectivity index (χ3n) is 3.15. The first-order chi connectivity index (χ1) is 12.1. The van der Waals surface area contributed by atoms with Crippen LogP contribution in [0.15, 0.2) is 0 Å². The number of rotatable bonds is 11. The van der Waals surface area contributed by atoms with Gasteiger partial charge in [-0.05, 0) is 0 Å². The summed E-state index contributed by atoms with van der Waals surface area (Å²) in [5.41, 5.74) is 0. The fraction of sp³-hybridized carbons (Fsp3) is 0.750. The lowest BCUT2D eigenvalue weighted by molar-refractivity contribution is -0.197. The van der Waals surface area contributed by atoms with Crippen LogP contribution in [0.3, 0.4) is 0 Å². The van der Waals surface area contributed by atoms with Gasteiger partial charge in [0.2, 0.25) is 0 Å². The van der Waals surface area contributed by atoms with Gasteiger partial charge in [0, 0.05) is 41.9 Å². The Balaban J connectivity index is 5.60. The number of carbonyl (C=O) groups is 4. The summed E-state index contributed by atoms with van der Waals surface area (Å²) in [5.74, 6) is -2.51. The Morgan fingerprint density at radius 2 is 1.08 bits per heavy atom. The van der Waals surface area contributed by atoms with Crippen molar-refractivity contribution in [2.45, 2.75) is 52.1 Å². The van der Waals surface area contributed by atoms with Gasteiger partial charge in [-0.1, -0.05) is 0 Å². The van der Waals surface area contributed by atoms with Crippen molar-refractivity contribution in [3.8, 4) is 0 Å². The van der Waals surface area contributed by atoms with Crippen molar-refractivity contribution >= 4 is 23.9 Å². The van der Waals surface area contributed by atoms with Crippen molar-refractivity contribution in [3.63, 3.8) is 0 Å². The first-order valence-electron chi connectivity index (χ1n) is 7.79. The highest BCUT2D eigenvalue weighted by Gasteiger charge is 2.41. The van der Waals surface area contributed by atoms with Crippen LogP contribution < -0.4 is 0 Å². The molecule has 0 spiro atoms. The van der Waals surface area contributed by atoms with Crippen molar-refractivity contribution in [3.05, 3.63) is 0 Å². The van der Waals surface area contributed by atoms with Crippen LogP contribution in [-0.4, -0.2) is 75.7 Å². The van der Waals surface area contributed by atoms with Gasteiger partial charge >= 0.3 is 23.9 Å². The fourth-order valence-corrected chi connectivity index (χ4v) is 2.15. The molecular formula is C16H26O10. The van der Waals surface area contributed by atoms with Crippen molar-refractivity contribution in [2.75, 3.05) is 27.4 Å². The van der Waals surface area contributed by atoms with E-state index in [-0.39, 0.29) is 13.2 Å². The lowest BCUT2D eigenvalue weighted by Gasteiger charge is -2.34. The van der Waals surface area contributed by atoms with Crippen LogP contribution in [0.4, 0.5) is 0 Å². The Kier molecular flexibility index (Phi) is 11.2. The average Bonchev–Trinajstić information content (AvgIpc) is 2.52. The maximum Gasteiger partial charge on any atom is 0.303 e. The average molecular weight is 378 g/mol. The summed E-state index contributed by atoms with van der Waals surface area (Å²) in [6.45, 7) is 4.15. The predicted molar refractivity (Wildman–Crippen MR) is 86.0 cm³/mol. The van der Waals surface area contributed by atoms with Gasteiger partial charge in [0.1, 0.15) is 25.4 Å². The molecule has 26 heavy (non-hydrogen) atoms. The lowest BCUT2D eigenvalue weighted by Crippen LogP contribution is -2.52. The molecule has 0 saturated carbocycles. The summed E-state index contributed by atoms with van der Waals surface area (Å²) in [6, 6.07) is 0. The number of hydrogen-bond donors (Lipinski definition) is 0. The summed E-state index contributed by atoms with van der Waals surface area (Å²) < 4.78 is 30.8. The zero-order valence-corrected chi connectivity index (χ0v) is 15.8. The molecule has 0 saturated heterocycles. The second kappa shape index (κ2) is 12.2. The van der Waals surface area contributed by atoms with Gasteiger partial charge < -0.3 is 28.4 Å². The van der Waals surface area contributed by atoms with Gasteiger partial charge in [-0.3, -0.25) is 19.2 Å². The van der Waals surface area contributed by atoms with Crippen LogP contribution in [0.2, 0.25) is 0 Å². The Morgan fingerprint density at radius 3 is 1.42 bits per heavy atom. The van der Waals surface area contributed by atoms with Crippen LogP contribution in [0, 0.1) is 0 Å². The molecular weight excluding hydrogens is 352 g/mol. The number of esters is 4.